The van der Waals surface area contributed by atoms with E-state index in [0.717, 1.165) is 46.2 Å². The maximum Gasteiger partial charge on any atom is 0.160 e. The van der Waals surface area contributed by atoms with Gasteiger partial charge in [0.1, 0.15) is 5.82 Å². The van der Waals surface area contributed by atoms with Gasteiger partial charge in [0.15, 0.2) is 5.82 Å². The number of hydrogen-bond donors (Lipinski definition) is 1. The summed E-state index contributed by atoms with van der Waals surface area (Å²) in [5.41, 5.74) is 4.26. The standard InChI is InChI=1S/C22H21N5S/c1-2-11-27(12-3-1)18-6-4-17(5-7-18)25-21-14-16(8-10-23-21)22-24-15-20-19(26-22)9-13-28-20/h4-10,13-15H,1-3,11-12H2,(H,23,25). The quantitative estimate of drug-likeness (QED) is 0.502. The number of anilines is 3. The van der Waals surface area contributed by atoms with Crippen LogP contribution in [0.2, 0.25) is 0 Å². The molecule has 0 radical (unpaired) electrons. The molecule has 4 aromatic rings. The van der Waals surface area contributed by atoms with E-state index in [-0.39, 0.29) is 0 Å². The molecule has 0 bridgehead atoms. The highest BCUT2D eigenvalue weighted by molar-refractivity contribution is 7.17. The Morgan fingerprint density at radius 2 is 1.79 bits per heavy atom. The van der Waals surface area contributed by atoms with Crippen molar-refractivity contribution in [2.45, 2.75) is 19.3 Å². The Bertz CT molecular complexity index is 1080. The molecule has 6 heteroatoms. The average molecular weight is 388 g/mol. The number of benzene rings is 1. The Morgan fingerprint density at radius 3 is 2.64 bits per heavy atom. The number of pyridine rings is 1. The van der Waals surface area contributed by atoms with E-state index in [0.29, 0.717) is 0 Å². The Morgan fingerprint density at radius 1 is 0.929 bits per heavy atom. The molecule has 1 fully saturated rings. The Hall–Kier alpha value is -2.99. The largest absolute Gasteiger partial charge is 0.372 e. The number of fused-ring (bicyclic) bond motifs is 1. The van der Waals surface area contributed by atoms with Gasteiger partial charge in [-0.1, -0.05) is 0 Å². The highest BCUT2D eigenvalue weighted by atomic mass is 32.1. The summed E-state index contributed by atoms with van der Waals surface area (Å²) in [6, 6.07) is 14.6. The highest BCUT2D eigenvalue weighted by Crippen LogP contribution is 2.26. The number of nitrogens with one attached hydrogen (secondary N) is 1. The zero-order valence-corrected chi connectivity index (χ0v) is 16.3. The molecule has 5 nitrogen and oxygen atoms in total. The molecule has 0 atom stereocenters. The van der Waals surface area contributed by atoms with Gasteiger partial charge < -0.3 is 10.2 Å². The van der Waals surface area contributed by atoms with Crippen LogP contribution in [0.5, 0.6) is 0 Å². The van der Waals surface area contributed by atoms with Crippen molar-refractivity contribution in [1.29, 1.82) is 0 Å². The molecule has 0 aliphatic carbocycles. The van der Waals surface area contributed by atoms with E-state index in [2.05, 4.69) is 49.4 Å². The number of nitrogens with zero attached hydrogens (tertiary/aromatic N) is 4. The molecular weight excluding hydrogens is 366 g/mol. The minimum Gasteiger partial charge on any atom is -0.372 e. The first kappa shape index (κ1) is 17.1. The zero-order chi connectivity index (χ0) is 18.8. The lowest BCUT2D eigenvalue weighted by atomic mass is 10.1. The van der Waals surface area contributed by atoms with Crippen molar-refractivity contribution < 1.29 is 0 Å². The summed E-state index contributed by atoms with van der Waals surface area (Å²) in [7, 11) is 0. The third kappa shape index (κ3) is 3.55. The van der Waals surface area contributed by atoms with Gasteiger partial charge in [0.25, 0.3) is 0 Å². The van der Waals surface area contributed by atoms with Gasteiger partial charge in [0.2, 0.25) is 0 Å². The molecule has 1 aliphatic heterocycles. The second-order valence-corrected chi connectivity index (χ2v) is 7.96. The molecule has 3 aromatic heterocycles. The second kappa shape index (κ2) is 7.56. The van der Waals surface area contributed by atoms with Crippen molar-refractivity contribution in [2.24, 2.45) is 0 Å². The number of aromatic nitrogens is 3. The maximum absolute atomic E-state index is 4.66. The molecule has 0 unspecified atom stereocenters. The summed E-state index contributed by atoms with van der Waals surface area (Å²) in [5, 5.41) is 5.43. The van der Waals surface area contributed by atoms with E-state index in [9.17, 15) is 0 Å². The van der Waals surface area contributed by atoms with Crippen LogP contribution < -0.4 is 10.2 Å². The SMILES string of the molecule is c1cc(-c2ncc3sccc3n2)cc(Nc2ccc(N3CCCCC3)cc2)n1. The first-order valence-corrected chi connectivity index (χ1v) is 10.5. The Kier molecular flexibility index (Phi) is 4.62. The van der Waals surface area contributed by atoms with Gasteiger partial charge in [-0.2, -0.15) is 0 Å². The lowest BCUT2D eigenvalue weighted by Crippen LogP contribution is -2.29. The van der Waals surface area contributed by atoms with Gasteiger partial charge in [-0.25, -0.2) is 15.0 Å². The summed E-state index contributed by atoms with van der Waals surface area (Å²) in [4.78, 5) is 16.1. The fourth-order valence-corrected chi connectivity index (χ4v) is 4.29. The minimum atomic E-state index is 0.719. The summed E-state index contributed by atoms with van der Waals surface area (Å²) in [6.45, 7) is 2.32. The number of hydrogen-bond acceptors (Lipinski definition) is 6. The Labute approximate surface area is 168 Å². The van der Waals surface area contributed by atoms with E-state index in [1.807, 2.05) is 29.8 Å². The van der Waals surface area contributed by atoms with Crippen molar-refractivity contribution in [3.8, 4) is 11.4 Å². The molecule has 140 valence electrons. The van der Waals surface area contributed by atoms with Crippen LogP contribution >= 0.6 is 11.3 Å². The molecule has 4 heterocycles. The van der Waals surface area contributed by atoms with E-state index in [1.165, 1.54) is 24.9 Å². The van der Waals surface area contributed by atoms with E-state index in [1.54, 1.807) is 17.5 Å². The molecule has 1 aliphatic rings. The molecule has 28 heavy (non-hydrogen) atoms. The predicted molar refractivity (Wildman–Crippen MR) is 116 cm³/mol. The molecule has 0 spiro atoms. The highest BCUT2D eigenvalue weighted by Gasteiger charge is 2.11. The summed E-state index contributed by atoms with van der Waals surface area (Å²) in [6.07, 6.45) is 7.60. The fourth-order valence-electron chi connectivity index (χ4n) is 3.60. The molecular formula is C22H21N5S. The molecule has 0 saturated carbocycles. The number of piperidine rings is 1. The molecule has 1 saturated heterocycles. The van der Waals surface area contributed by atoms with Crippen LogP contribution in [-0.4, -0.2) is 28.0 Å². The van der Waals surface area contributed by atoms with Crippen LogP contribution in [0.4, 0.5) is 17.2 Å². The fraction of sp³-hybridized carbons (Fsp3) is 0.227. The van der Waals surface area contributed by atoms with Crippen molar-refractivity contribution in [2.75, 3.05) is 23.3 Å². The minimum absolute atomic E-state index is 0.719. The van der Waals surface area contributed by atoms with Crippen LogP contribution in [0.15, 0.2) is 60.2 Å². The molecule has 5 rings (SSSR count). The number of rotatable bonds is 4. The zero-order valence-electron chi connectivity index (χ0n) is 15.5. The van der Waals surface area contributed by atoms with Gasteiger partial charge in [-0.05, 0) is 67.1 Å². The normalized spacial score (nSPS) is 14.4. The molecule has 0 amide bonds. The van der Waals surface area contributed by atoms with Crippen LogP contribution in [0.25, 0.3) is 21.6 Å². The van der Waals surface area contributed by atoms with Crippen LogP contribution in [-0.2, 0) is 0 Å². The third-order valence-corrected chi connectivity index (χ3v) is 5.92. The van der Waals surface area contributed by atoms with Gasteiger partial charge >= 0.3 is 0 Å². The Balaban J connectivity index is 1.34. The van der Waals surface area contributed by atoms with Gasteiger partial charge in [-0.15, -0.1) is 11.3 Å². The smallest absolute Gasteiger partial charge is 0.160 e. The number of thiophene rings is 1. The van der Waals surface area contributed by atoms with Crippen molar-refractivity contribution >= 4 is 38.7 Å². The van der Waals surface area contributed by atoms with E-state index < -0.39 is 0 Å². The maximum atomic E-state index is 4.66. The lowest BCUT2D eigenvalue weighted by Gasteiger charge is -2.28. The summed E-state index contributed by atoms with van der Waals surface area (Å²) < 4.78 is 1.10. The first-order chi connectivity index (χ1) is 13.8. The second-order valence-electron chi connectivity index (χ2n) is 7.01. The van der Waals surface area contributed by atoms with E-state index in [4.69, 9.17) is 0 Å². The van der Waals surface area contributed by atoms with Crippen LogP contribution in [0, 0.1) is 0 Å². The summed E-state index contributed by atoms with van der Waals surface area (Å²) in [5.74, 6) is 1.51. The van der Waals surface area contributed by atoms with Crippen molar-refractivity contribution in [1.82, 2.24) is 15.0 Å². The van der Waals surface area contributed by atoms with Crippen molar-refractivity contribution in [3.05, 3.63) is 60.2 Å². The van der Waals surface area contributed by atoms with Crippen LogP contribution in [0.3, 0.4) is 0 Å². The molecule has 1 aromatic carbocycles. The lowest BCUT2D eigenvalue weighted by molar-refractivity contribution is 0.578. The monoisotopic (exact) mass is 387 g/mol. The molecule has 1 N–H and O–H groups in total. The first-order valence-electron chi connectivity index (χ1n) is 9.64. The van der Waals surface area contributed by atoms with Crippen LogP contribution in [0.1, 0.15) is 19.3 Å². The van der Waals surface area contributed by atoms with Gasteiger partial charge in [0.05, 0.1) is 10.2 Å². The average Bonchev–Trinajstić information content (AvgIpc) is 3.23. The third-order valence-electron chi connectivity index (χ3n) is 5.08. The van der Waals surface area contributed by atoms with Crippen molar-refractivity contribution in [3.63, 3.8) is 0 Å². The topological polar surface area (TPSA) is 53.9 Å². The predicted octanol–water partition coefficient (Wildman–Crippen LogP) is 5.49. The van der Waals surface area contributed by atoms with Gasteiger partial charge in [-0.3, -0.25) is 0 Å². The van der Waals surface area contributed by atoms with Gasteiger partial charge in [0, 0.05) is 42.4 Å². The van der Waals surface area contributed by atoms with E-state index >= 15 is 0 Å². The summed E-state index contributed by atoms with van der Waals surface area (Å²) >= 11 is 1.65.